The first-order valence-corrected chi connectivity index (χ1v) is 9.69. The smallest absolute Gasteiger partial charge is 0.400 e. The van der Waals surface area contributed by atoms with Gasteiger partial charge in [-0.05, 0) is 44.3 Å². The van der Waals surface area contributed by atoms with E-state index in [0.29, 0.717) is 12.2 Å². The minimum atomic E-state index is -0.528. The zero-order valence-electron chi connectivity index (χ0n) is 15.8. The van der Waals surface area contributed by atoms with Crippen LogP contribution in [0.1, 0.15) is 45.7 Å². The summed E-state index contributed by atoms with van der Waals surface area (Å²) in [5, 5.41) is 2.96. The topological polar surface area (TPSA) is 64.6 Å². The van der Waals surface area contributed by atoms with Crippen molar-refractivity contribution in [2.75, 3.05) is 11.1 Å². The minimum Gasteiger partial charge on any atom is -0.400 e. The Labute approximate surface area is 159 Å². The summed E-state index contributed by atoms with van der Waals surface area (Å²) < 4.78 is 12.3. The molecule has 2 aliphatic rings. The number of thioether (sulfide) groups is 1. The van der Waals surface area contributed by atoms with Crippen LogP contribution in [0.4, 0.5) is 5.69 Å². The van der Waals surface area contributed by atoms with Gasteiger partial charge in [-0.15, -0.1) is 0 Å². The van der Waals surface area contributed by atoms with Crippen molar-refractivity contribution in [3.8, 4) is 0 Å². The molecule has 1 saturated heterocycles. The Morgan fingerprint density at radius 1 is 1.27 bits per heavy atom. The Hall–Kier alpha value is -1.57. The summed E-state index contributed by atoms with van der Waals surface area (Å²) in [7, 11) is -0.528. The summed E-state index contributed by atoms with van der Waals surface area (Å²) in [4.78, 5) is 23.2. The van der Waals surface area contributed by atoms with Crippen molar-refractivity contribution in [2.45, 2.75) is 52.2 Å². The first-order chi connectivity index (χ1) is 12.1. The SMILES string of the molecule is CC(=O)SCC(=Cc1cccc2c1NC(=O)C2)B1OC(C)(C)C(C)(C)O1. The third-order valence-electron chi connectivity index (χ3n) is 5.14. The van der Waals surface area contributed by atoms with E-state index >= 15 is 0 Å². The van der Waals surface area contributed by atoms with Crippen LogP contribution < -0.4 is 5.32 Å². The van der Waals surface area contributed by atoms with E-state index in [9.17, 15) is 9.59 Å². The van der Waals surface area contributed by atoms with Crippen molar-refractivity contribution >= 4 is 41.7 Å². The standard InChI is InChI=1S/C19H24BNO4S/c1-12(22)26-11-15(20-24-18(2,3)19(4,5)25-20)9-13-7-6-8-14-10-16(23)21-17(13)14/h6-9H,10-11H2,1-5H3,(H,21,23). The zero-order chi connectivity index (χ0) is 19.1. The normalized spacial score (nSPS) is 20.9. The third kappa shape index (κ3) is 3.75. The maximum atomic E-state index is 11.7. The van der Waals surface area contributed by atoms with Crippen molar-refractivity contribution in [3.05, 3.63) is 34.8 Å². The van der Waals surface area contributed by atoms with E-state index in [1.165, 1.54) is 11.8 Å². The zero-order valence-corrected chi connectivity index (χ0v) is 16.7. The van der Waals surface area contributed by atoms with Gasteiger partial charge in [0.25, 0.3) is 0 Å². The highest BCUT2D eigenvalue weighted by Gasteiger charge is 2.52. The lowest BCUT2D eigenvalue weighted by Gasteiger charge is -2.32. The summed E-state index contributed by atoms with van der Waals surface area (Å²) >= 11 is 1.23. The molecule has 0 aromatic heterocycles. The number of carbonyl (C=O) groups is 2. The van der Waals surface area contributed by atoms with Crippen molar-refractivity contribution in [2.24, 2.45) is 0 Å². The highest BCUT2D eigenvalue weighted by atomic mass is 32.2. The van der Waals surface area contributed by atoms with E-state index in [2.05, 4.69) is 5.32 Å². The monoisotopic (exact) mass is 373 g/mol. The van der Waals surface area contributed by atoms with Gasteiger partial charge in [0.2, 0.25) is 5.91 Å². The highest BCUT2D eigenvalue weighted by molar-refractivity contribution is 8.13. The minimum absolute atomic E-state index is 0.00357. The number of amides is 1. The van der Waals surface area contributed by atoms with Gasteiger partial charge in [0.05, 0.1) is 23.3 Å². The van der Waals surface area contributed by atoms with Gasteiger partial charge in [0.15, 0.2) is 5.12 Å². The van der Waals surface area contributed by atoms with E-state index in [1.54, 1.807) is 6.92 Å². The summed E-state index contributed by atoms with van der Waals surface area (Å²) in [5.41, 5.74) is 2.69. The van der Waals surface area contributed by atoms with E-state index < -0.39 is 18.3 Å². The number of para-hydroxylation sites is 1. The summed E-state index contributed by atoms with van der Waals surface area (Å²) in [5.74, 6) is 0.472. The first kappa shape index (κ1) is 19.2. The van der Waals surface area contributed by atoms with Gasteiger partial charge in [-0.2, -0.15) is 0 Å². The predicted molar refractivity (Wildman–Crippen MR) is 106 cm³/mol. The van der Waals surface area contributed by atoms with Crippen LogP contribution in [0.3, 0.4) is 0 Å². The lowest BCUT2D eigenvalue weighted by atomic mass is 9.78. The summed E-state index contributed by atoms with van der Waals surface area (Å²) in [6, 6.07) is 5.84. The molecule has 0 bridgehead atoms. The molecule has 138 valence electrons. The fourth-order valence-electron chi connectivity index (χ4n) is 2.95. The fourth-order valence-corrected chi connectivity index (χ4v) is 3.54. The molecule has 0 radical (unpaired) electrons. The molecule has 3 rings (SSSR count). The Bertz CT molecular complexity index is 772. The molecule has 0 unspecified atom stereocenters. The van der Waals surface area contributed by atoms with E-state index in [4.69, 9.17) is 9.31 Å². The van der Waals surface area contributed by atoms with Crippen molar-refractivity contribution in [1.82, 2.24) is 0 Å². The lowest BCUT2D eigenvalue weighted by molar-refractivity contribution is -0.115. The van der Waals surface area contributed by atoms with Crippen LogP contribution in [0.25, 0.3) is 6.08 Å². The Kier molecular flexibility index (Phi) is 5.07. The van der Waals surface area contributed by atoms with Crippen LogP contribution in [0.2, 0.25) is 0 Å². The number of anilines is 1. The number of benzene rings is 1. The average Bonchev–Trinajstić information content (AvgIpc) is 3.00. The molecule has 2 aliphatic heterocycles. The maximum Gasteiger partial charge on any atom is 0.491 e. The molecule has 5 nitrogen and oxygen atoms in total. The molecule has 0 spiro atoms. The number of hydrogen-bond acceptors (Lipinski definition) is 5. The van der Waals surface area contributed by atoms with Crippen LogP contribution in [0.5, 0.6) is 0 Å². The molecule has 1 fully saturated rings. The van der Waals surface area contributed by atoms with Crippen LogP contribution in [-0.2, 0) is 25.3 Å². The van der Waals surface area contributed by atoms with Gasteiger partial charge in [-0.25, -0.2) is 0 Å². The molecule has 2 heterocycles. The Balaban J connectivity index is 1.96. The molecule has 1 aromatic carbocycles. The van der Waals surface area contributed by atoms with Gasteiger partial charge in [0, 0.05) is 12.7 Å². The molecular weight excluding hydrogens is 349 g/mol. The van der Waals surface area contributed by atoms with Gasteiger partial charge < -0.3 is 14.6 Å². The van der Waals surface area contributed by atoms with E-state index in [0.717, 1.165) is 22.3 Å². The van der Waals surface area contributed by atoms with E-state index in [-0.39, 0.29) is 11.0 Å². The first-order valence-electron chi connectivity index (χ1n) is 8.70. The van der Waals surface area contributed by atoms with Crippen molar-refractivity contribution < 1.29 is 18.9 Å². The average molecular weight is 373 g/mol. The number of fused-ring (bicyclic) bond motifs is 1. The molecule has 1 aromatic rings. The predicted octanol–water partition coefficient (Wildman–Crippen LogP) is 3.48. The van der Waals surface area contributed by atoms with Crippen LogP contribution in [0.15, 0.2) is 23.7 Å². The van der Waals surface area contributed by atoms with Gasteiger partial charge >= 0.3 is 7.12 Å². The fraction of sp³-hybridized carbons (Fsp3) is 0.474. The second-order valence-corrected chi connectivity index (χ2v) is 8.85. The number of nitrogens with one attached hydrogen (secondary N) is 1. The summed E-state index contributed by atoms with van der Waals surface area (Å²) in [6.07, 6.45) is 2.37. The molecule has 0 saturated carbocycles. The molecular formula is C19H24BNO4S. The third-order valence-corrected chi connectivity index (χ3v) is 6.02. The van der Waals surface area contributed by atoms with Crippen LogP contribution in [-0.4, -0.2) is 35.1 Å². The number of rotatable bonds is 4. The molecule has 1 N–H and O–H groups in total. The Morgan fingerprint density at radius 3 is 2.54 bits per heavy atom. The second kappa shape index (κ2) is 6.87. The summed E-state index contributed by atoms with van der Waals surface area (Å²) in [6.45, 7) is 9.56. The molecule has 0 aliphatic carbocycles. The molecule has 1 amide bonds. The molecule has 7 heteroatoms. The van der Waals surface area contributed by atoms with Crippen LogP contribution >= 0.6 is 11.8 Å². The van der Waals surface area contributed by atoms with Gasteiger partial charge in [-0.1, -0.05) is 36.0 Å². The quantitative estimate of drug-likeness (QED) is 0.819. The highest BCUT2D eigenvalue weighted by Crippen LogP contribution is 2.40. The lowest BCUT2D eigenvalue weighted by Crippen LogP contribution is -2.41. The number of carbonyl (C=O) groups excluding carboxylic acids is 2. The maximum absolute atomic E-state index is 11.7. The van der Waals surface area contributed by atoms with Gasteiger partial charge in [-0.3, -0.25) is 9.59 Å². The largest absolute Gasteiger partial charge is 0.491 e. The van der Waals surface area contributed by atoms with Crippen LogP contribution in [0, 0.1) is 0 Å². The second-order valence-electron chi connectivity index (χ2n) is 7.69. The van der Waals surface area contributed by atoms with Crippen molar-refractivity contribution in [1.29, 1.82) is 0 Å². The van der Waals surface area contributed by atoms with E-state index in [1.807, 2.05) is 52.0 Å². The Morgan fingerprint density at radius 2 is 1.92 bits per heavy atom. The van der Waals surface area contributed by atoms with Gasteiger partial charge in [0.1, 0.15) is 0 Å². The molecule has 26 heavy (non-hydrogen) atoms. The molecule has 0 atom stereocenters. The number of hydrogen-bond donors (Lipinski definition) is 1. The van der Waals surface area contributed by atoms with Crippen molar-refractivity contribution in [3.63, 3.8) is 0 Å².